The number of carbonyl (C=O) groups excluding carboxylic acids is 1. The summed E-state index contributed by atoms with van der Waals surface area (Å²) in [5, 5.41) is 9.64. The lowest BCUT2D eigenvalue weighted by Crippen LogP contribution is -2.38. The summed E-state index contributed by atoms with van der Waals surface area (Å²) in [5.41, 5.74) is -2.45. The highest BCUT2D eigenvalue weighted by molar-refractivity contribution is 5.79. The smallest absolute Gasteiger partial charge is 0.346 e. The van der Waals surface area contributed by atoms with Crippen molar-refractivity contribution in [1.82, 2.24) is 0 Å². The highest BCUT2D eigenvalue weighted by Gasteiger charge is 2.43. The van der Waals surface area contributed by atoms with E-state index in [1.807, 2.05) is 0 Å². The highest BCUT2D eigenvalue weighted by Crippen LogP contribution is 2.30. The molecule has 0 aliphatic rings. The minimum Gasteiger partial charge on any atom is -0.467 e. The van der Waals surface area contributed by atoms with E-state index in [4.69, 9.17) is 0 Å². The molecule has 0 aliphatic heterocycles. The number of benzene rings is 1. The zero-order valence-electron chi connectivity index (χ0n) is 8.91. The average molecular weight is 230 g/mol. The Morgan fingerprint density at radius 3 is 2.38 bits per heavy atom. The quantitative estimate of drug-likeness (QED) is 0.805. The van der Waals surface area contributed by atoms with E-state index in [1.165, 1.54) is 12.1 Å². The number of ether oxygens (including phenoxy) is 1. The van der Waals surface area contributed by atoms with Gasteiger partial charge in [0.05, 0.1) is 7.11 Å². The molecule has 5 heteroatoms. The van der Waals surface area contributed by atoms with Gasteiger partial charge in [-0.05, 0) is 24.6 Å². The van der Waals surface area contributed by atoms with Crippen molar-refractivity contribution in [3.05, 3.63) is 35.6 Å². The Hall–Kier alpha value is -1.49. The number of rotatable bonds is 3. The van der Waals surface area contributed by atoms with Crippen LogP contribution in [0.5, 0.6) is 0 Å². The second-order valence-corrected chi connectivity index (χ2v) is 3.52. The van der Waals surface area contributed by atoms with E-state index in [0.717, 1.165) is 26.2 Å². The third-order valence-electron chi connectivity index (χ3n) is 2.28. The first-order chi connectivity index (χ1) is 7.39. The van der Waals surface area contributed by atoms with E-state index in [0.29, 0.717) is 0 Å². The molecule has 0 fully saturated rings. The zero-order chi connectivity index (χ0) is 12.3. The molecule has 1 aromatic rings. The van der Waals surface area contributed by atoms with Crippen LogP contribution < -0.4 is 0 Å². The molecule has 0 heterocycles. The van der Waals surface area contributed by atoms with Crippen molar-refractivity contribution in [2.24, 2.45) is 0 Å². The van der Waals surface area contributed by atoms with Gasteiger partial charge in [-0.1, -0.05) is 12.1 Å². The maximum Gasteiger partial charge on any atom is 0.346 e. The summed E-state index contributed by atoms with van der Waals surface area (Å²) in [6.07, 6.45) is -1.69. The van der Waals surface area contributed by atoms with E-state index >= 15 is 0 Å². The standard InChI is InChI=1S/C11H12F2O3/c1-11(13,10(15)16-2)9(14)7-3-5-8(12)6-4-7/h3-6,9,14H,1-2H3/t9-,11+/m1/s1. The topological polar surface area (TPSA) is 46.5 Å². The fourth-order valence-electron chi connectivity index (χ4n) is 1.27. The summed E-state index contributed by atoms with van der Waals surface area (Å²) in [5.74, 6) is -1.68. The zero-order valence-corrected chi connectivity index (χ0v) is 8.91. The Bertz CT molecular complexity index is 373. The van der Waals surface area contributed by atoms with Crippen molar-refractivity contribution in [2.75, 3.05) is 7.11 Å². The number of methoxy groups -OCH3 is 1. The summed E-state index contributed by atoms with van der Waals surface area (Å²) in [7, 11) is 1.03. The van der Waals surface area contributed by atoms with E-state index in [-0.39, 0.29) is 5.56 Å². The van der Waals surface area contributed by atoms with Crippen LogP contribution in [0, 0.1) is 5.82 Å². The van der Waals surface area contributed by atoms with E-state index < -0.39 is 23.6 Å². The van der Waals surface area contributed by atoms with Crippen molar-refractivity contribution in [2.45, 2.75) is 18.7 Å². The van der Waals surface area contributed by atoms with Gasteiger partial charge in [0, 0.05) is 0 Å². The lowest BCUT2D eigenvalue weighted by Gasteiger charge is -2.23. The summed E-state index contributed by atoms with van der Waals surface area (Å²) in [6.45, 7) is 0.910. The lowest BCUT2D eigenvalue weighted by atomic mass is 9.94. The molecule has 0 radical (unpaired) electrons. The molecule has 16 heavy (non-hydrogen) atoms. The summed E-state index contributed by atoms with van der Waals surface area (Å²) >= 11 is 0. The molecule has 0 bridgehead atoms. The molecule has 0 saturated carbocycles. The average Bonchev–Trinajstić information content (AvgIpc) is 2.28. The van der Waals surface area contributed by atoms with Crippen molar-refractivity contribution in [1.29, 1.82) is 0 Å². The van der Waals surface area contributed by atoms with Gasteiger partial charge >= 0.3 is 5.97 Å². The van der Waals surface area contributed by atoms with Crippen LogP contribution in [0.1, 0.15) is 18.6 Å². The lowest BCUT2D eigenvalue weighted by molar-refractivity contribution is -0.161. The summed E-state index contributed by atoms with van der Waals surface area (Å²) < 4.78 is 30.7. The fourth-order valence-corrected chi connectivity index (χ4v) is 1.27. The number of aliphatic hydroxyl groups excluding tert-OH is 1. The first-order valence-electron chi connectivity index (χ1n) is 4.60. The Balaban J connectivity index is 2.97. The van der Waals surface area contributed by atoms with Crippen molar-refractivity contribution >= 4 is 5.97 Å². The fraction of sp³-hybridized carbons (Fsp3) is 0.364. The molecule has 2 atom stereocenters. The minimum absolute atomic E-state index is 0.108. The van der Waals surface area contributed by atoms with E-state index in [1.54, 1.807) is 0 Å². The molecular weight excluding hydrogens is 218 g/mol. The first-order valence-corrected chi connectivity index (χ1v) is 4.60. The molecule has 0 saturated heterocycles. The number of esters is 1. The second kappa shape index (κ2) is 4.57. The highest BCUT2D eigenvalue weighted by atomic mass is 19.1. The molecule has 0 unspecified atom stereocenters. The van der Waals surface area contributed by atoms with Crippen molar-refractivity contribution < 1.29 is 23.4 Å². The van der Waals surface area contributed by atoms with Crippen LogP contribution in [0.15, 0.2) is 24.3 Å². The molecule has 0 spiro atoms. The van der Waals surface area contributed by atoms with Gasteiger partial charge in [0.2, 0.25) is 5.67 Å². The third kappa shape index (κ3) is 2.36. The molecule has 1 rings (SSSR count). The Kier molecular flexibility index (Phi) is 3.59. The largest absolute Gasteiger partial charge is 0.467 e. The monoisotopic (exact) mass is 230 g/mol. The van der Waals surface area contributed by atoms with Gasteiger partial charge in [-0.25, -0.2) is 13.6 Å². The summed E-state index contributed by atoms with van der Waals surface area (Å²) in [4.78, 5) is 11.1. The van der Waals surface area contributed by atoms with Crippen LogP contribution in [0.4, 0.5) is 8.78 Å². The number of halogens is 2. The Morgan fingerprint density at radius 2 is 1.94 bits per heavy atom. The Morgan fingerprint density at radius 1 is 1.44 bits per heavy atom. The molecule has 1 N–H and O–H groups in total. The number of hydrogen-bond acceptors (Lipinski definition) is 3. The number of carbonyl (C=O) groups is 1. The molecule has 3 nitrogen and oxygen atoms in total. The van der Waals surface area contributed by atoms with E-state index in [2.05, 4.69) is 4.74 Å². The van der Waals surface area contributed by atoms with Crippen molar-refractivity contribution in [3.8, 4) is 0 Å². The van der Waals surface area contributed by atoms with E-state index in [9.17, 15) is 18.7 Å². The number of aliphatic hydroxyl groups is 1. The van der Waals surface area contributed by atoms with Gasteiger partial charge in [-0.3, -0.25) is 0 Å². The minimum atomic E-state index is -2.56. The third-order valence-corrected chi connectivity index (χ3v) is 2.28. The number of hydrogen-bond donors (Lipinski definition) is 1. The van der Waals surface area contributed by atoms with Crippen LogP contribution in [-0.4, -0.2) is 23.9 Å². The van der Waals surface area contributed by atoms with Crippen LogP contribution in [0.3, 0.4) is 0 Å². The van der Waals surface area contributed by atoms with Crippen LogP contribution in [0.2, 0.25) is 0 Å². The van der Waals surface area contributed by atoms with Gasteiger partial charge in [0.15, 0.2) is 0 Å². The van der Waals surface area contributed by atoms with Crippen LogP contribution in [-0.2, 0) is 9.53 Å². The predicted molar refractivity (Wildman–Crippen MR) is 52.9 cm³/mol. The van der Waals surface area contributed by atoms with Crippen molar-refractivity contribution in [3.63, 3.8) is 0 Å². The van der Waals surface area contributed by atoms with Gasteiger partial charge in [0.25, 0.3) is 0 Å². The molecule has 88 valence electrons. The van der Waals surface area contributed by atoms with Gasteiger partial charge in [0.1, 0.15) is 11.9 Å². The van der Waals surface area contributed by atoms with Gasteiger partial charge in [-0.15, -0.1) is 0 Å². The molecule has 0 amide bonds. The SMILES string of the molecule is COC(=O)[C@@](C)(F)[C@H](O)c1ccc(F)cc1. The maximum atomic E-state index is 13.8. The van der Waals surface area contributed by atoms with Crippen LogP contribution >= 0.6 is 0 Å². The predicted octanol–water partition coefficient (Wildman–Crippen LogP) is 1.76. The van der Waals surface area contributed by atoms with Gasteiger partial charge in [-0.2, -0.15) is 0 Å². The normalized spacial score (nSPS) is 16.3. The summed E-state index contributed by atoms with van der Waals surface area (Å²) in [6, 6.07) is 4.57. The molecular formula is C11H12F2O3. The molecule has 1 aromatic carbocycles. The first kappa shape index (κ1) is 12.6. The van der Waals surface area contributed by atoms with Gasteiger partial charge < -0.3 is 9.84 Å². The maximum absolute atomic E-state index is 13.8. The molecule has 0 aromatic heterocycles. The number of alkyl halides is 1. The second-order valence-electron chi connectivity index (χ2n) is 3.52. The molecule has 0 aliphatic carbocycles. The Labute approximate surface area is 91.7 Å². The van der Waals surface area contributed by atoms with Crippen LogP contribution in [0.25, 0.3) is 0 Å².